The number of hydrogen-bond acceptors (Lipinski definition) is 6. The summed E-state index contributed by atoms with van der Waals surface area (Å²) >= 11 is 13.8. The van der Waals surface area contributed by atoms with Crippen molar-refractivity contribution in [2.75, 3.05) is 12.0 Å². The number of anilines is 1. The topological polar surface area (TPSA) is 76.1 Å². The zero-order chi connectivity index (χ0) is 27.0. The number of carbonyl (C=O) groups is 2. The summed E-state index contributed by atoms with van der Waals surface area (Å²) < 4.78 is 11.3. The molecule has 4 aromatic rings. The minimum Gasteiger partial charge on any atom is -0.507 e. The summed E-state index contributed by atoms with van der Waals surface area (Å²) in [5.41, 5.74) is 1.56. The van der Waals surface area contributed by atoms with Crippen LogP contribution in [-0.4, -0.2) is 23.9 Å². The van der Waals surface area contributed by atoms with Crippen LogP contribution in [0.4, 0.5) is 5.69 Å². The number of benzene rings is 3. The number of ether oxygens (including phenoxy) is 2. The molecule has 1 fully saturated rings. The summed E-state index contributed by atoms with van der Waals surface area (Å²) in [7, 11) is 1.39. The van der Waals surface area contributed by atoms with Crippen LogP contribution in [0.3, 0.4) is 0 Å². The largest absolute Gasteiger partial charge is 0.507 e. The summed E-state index contributed by atoms with van der Waals surface area (Å²) in [4.78, 5) is 28.8. The summed E-state index contributed by atoms with van der Waals surface area (Å²) in [6, 6.07) is 20.2. The van der Waals surface area contributed by atoms with Crippen molar-refractivity contribution in [3.63, 3.8) is 0 Å². The van der Waals surface area contributed by atoms with Gasteiger partial charge in [-0.2, -0.15) is 0 Å². The van der Waals surface area contributed by atoms with Crippen molar-refractivity contribution in [2.24, 2.45) is 0 Å². The number of carbonyl (C=O) groups excluding carboxylic acids is 2. The number of amides is 1. The first kappa shape index (κ1) is 25.9. The molecule has 1 saturated heterocycles. The second-order valence-electron chi connectivity index (χ2n) is 8.57. The molecule has 3 aromatic carbocycles. The molecule has 1 aromatic heterocycles. The number of thiophene rings is 1. The Hall–Kier alpha value is -3.78. The standard InChI is InChI=1S/C29H21Cl2NO5S/c1-16-5-3-6-20(13-16)37-19-10-8-18(9-11-19)32-25(23-7-4-12-38-23)24(27(34)29(32)35)26(33)21-14-17(30)15-22(31)28(21)36-2/h3-15,25,33H,1-2H3/b26-24-. The Balaban J connectivity index is 1.59. The van der Waals surface area contributed by atoms with Gasteiger partial charge in [-0.05, 0) is 72.5 Å². The fraction of sp³-hybridized carbons (Fsp3) is 0.103. The lowest BCUT2D eigenvalue weighted by atomic mass is 9.99. The Labute approximate surface area is 233 Å². The molecule has 0 saturated carbocycles. The summed E-state index contributed by atoms with van der Waals surface area (Å²) in [6.07, 6.45) is 0. The van der Waals surface area contributed by atoms with E-state index in [1.807, 2.05) is 42.6 Å². The Kier molecular flexibility index (Phi) is 7.17. The number of ketones is 1. The lowest BCUT2D eigenvalue weighted by Crippen LogP contribution is -2.29. The van der Waals surface area contributed by atoms with Crippen LogP contribution in [0.2, 0.25) is 10.0 Å². The Bertz CT molecular complexity index is 1560. The predicted molar refractivity (Wildman–Crippen MR) is 150 cm³/mol. The van der Waals surface area contributed by atoms with E-state index in [0.29, 0.717) is 22.1 Å². The maximum atomic E-state index is 13.4. The highest BCUT2D eigenvalue weighted by Crippen LogP contribution is 2.46. The Morgan fingerprint density at radius 1 is 0.974 bits per heavy atom. The van der Waals surface area contributed by atoms with E-state index in [1.165, 1.54) is 35.5 Å². The van der Waals surface area contributed by atoms with Crippen LogP contribution in [0.1, 0.15) is 22.0 Å². The number of hydrogen-bond donors (Lipinski definition) is 1. The molecule has 6 nitrogen and oxygen atoms in total. The molecule has 1 amide bonds. The number of aryl methyl sites for hydroxylation is 1. The third-order valence-electron chi connectivity index (χ3n) is 6.06. The van der Waals surface area contributed by atoms with E-state index in [9.17, 15) is 14.7 Å². The van der Waals surface area contributed by atoms with E-state index in [0.717, 1.165) is 5.56 Å². The molecule has 1 aliphatic heterocycles. The van der Waals surface area contributed by atoms with E-state index in [2.05, 4.69) is 0 Å². The van der Waals surface area contributed by atoms with Crippen molar-refractivity contribution in [1.29, 1.82) is 0 Å². The fourth-order valence-electron chi connectivity index (χ4n) is 4.39. The average Bonchev–Trinajstić information content (AvgIpc) is 3.51. The maximum Gasteiger partial charge on any atom is 0.300 e. The Morgan fingerprint density at radius 2 is 1.74 bits per heavy atom. The molecule has 0 aliphatic carbocycles. The summed E-state index contributed by atoms with van der Waals surface area (Å²) in [6.45, 7) is 1.98. The number of nitrogens with zero attached hydrogens (tertiary/aromatic N) is 1. The van der Waals surface area contributed by atoms with Crippen molar-refractivity contribution < 1.29 is 24.2 Å². The molecule has 5 rings (SSSR count). The van der Waals surface area contributed by atoms with Gasteiger partial charge >= 0.3 is 0 Å². The number of Topliss-reactive ketones (excluding diaryl/α,β-unsaturated/α-hetero) is 1. The zero-order valence-corrected chi connectivity index (χ0v) is 22.6. The van der Waals surface area contributed by atoms with Gasteiger partial charge in [-0.1, -0.05) is 41.4 Å². The van der Waals surface area contributed by atoms with Crippen LogP contribution in [0.15, 0.2) is 83.7 Å². The highest BCUT2D eigenvalue weighted by Gasteiger charge is 2.47. The van der Waals surface area contributed by atoms with Crippen molar-refractivity contribution in [2.45, 2.75) is 13.0 Å². The number of methoxy groups -OCH3 is 1. The van der Waals surface area contributed by atoms with Gasteiger partial charge in [0.15, 0.2) is 0 Å². The monoisotopic (exact) mass is 565 g/mol. The molecule has 1 atom stereocenters. The van der Waals surface area contributed by atoms with Gasteiger partial charge in [-0.3, -0.25) is 14.5 Å². The molecule has 1 aliphatic rings. The number of aliphatic hydroxyl groups excluding tert-OH is 1. The maximum absolute atomic E-state index is 13.4. The molecule has 0 radical (unpaired) electrons. The van der Waals surface area contributed by atoms with E-state index in [4.69, 9.17) is 32.7 Å². The quantitative estimate of drug-likeness (QED) is 0.147. The number of aliphatic hydroxyl groups is 1. The first-order valence-electron chi connectivity index (χ1n) is 11.5. The van der Waals surface area contributed by atoms with Gasteiger partial charge in [0.1, 0.15) is 29.0 Å². The van der Waals surface area contributed by atoms with Crippen LogP contribution in [0, 0.1) is 6.92 Å². The average molecular weight is 566 g/mol. The van der Waals surface area contributed by atoms with Crippen LogP contribution >= 0.6 is 34.5 Å². The molecule has 1 unspecified atom stereocenters. The predicted octanol–water partition coefficient (Wildman–Crippen LogP) is 7.79. The van der Waals surface area contributed by atoms with Crippen LogP contribution < -0.4 is 14.4 Å². The van der Waals surface area contributed by atoms with Crippen LogP contribution in [0.25, 0.3) is 5.76 Å². The highest BCUT2D eigenvalue weighted by atomic mass is 35.5. The molecular weight excluding hydrogens is 545 g/mol. The van der Waals surface area contributed by atoms with Crippen molar-refractivity contribution in [3.8, 4) is 17.2 Å². The smallest absolute Gasteiger partial charge is 0.300 e. The summed E-state index contributed by atoms with van der Waals surface area (Å²) in [5, 5.41) is 13.6. The van der Waals surface area contributed by atoms with Gasteiger partial charge in [0.25, 0.3) is 11.7 Å². The van der Waals surface area contributed by atoms with Gasteiger partial charge < -0.3 is 14.6 Å². The van der Waals surface area contributed by atoms with Gasteiger partial charge in [0, 0.05) is 15.6 Å². The fourth-order valence-corrected chi connectivity index (χ4v) is 5.79. The van der Waals surface area contributed by atoms with Crippen LogP contribution in [0.5, 0.6) is 17.2 Å². The lowest BCUT2D eigenvalue weighted by Gasteiger charge is -2.24. The van der Waals surface area contributed by atoms with Crippen molar-refractivity contribution in [3.05, 3.63) is 110 Å². The van der Waals surface area contributed by atoms with E-state index in [1.54, 1.807) is 30.3 Å². The van der Waals surface area contributed by atoms with Gasteiger partial charge in [0.05, 0.1) is 23.3 Å². The second kappa shape index (κ2) is 10.5. The van der Waals surface area contributed by atoms with Crippen molar-refractivity contribution in [1.82, 2.24) is 0 Å². The number of rotatable bonds is 6. The third kappa shape index (κ3) is 4.76. The van der Waals surface area contributed by atoms with Gasteiger partial charge in [-0.25, -0.2) is 0 Å². The van der Waals surface area contributed by atoms with Crippen LogP contribution in [-0.2, 0) is 9.59 Å². The molecule has 1 N–H and O–H groups in total. The molecule has 38 heavy (non-hydrogen) atoms. The van der Waals surface area contributed by atoms with E-state index in [-0.39, 0.29) is 26.9 Å². The molecular formula is C29H21Cl2NO5S. The first-order valence-corrected chi connectivity index (χ1v) is 13.1. The molecule has 2 heterocycles. The first-order chi connectivity index (χ1) is 18.3. The normalized spacial score (nSPS) is 16.6. The SMILES string of the molecule is COc1c(Cl)cc(Cl)cc1/C(O)=C1/C(=O)C(=O)N(c2ccc(Oc3cccc(C)c3)cc2)C1c1cccs1. The lowest BCUT2D eigenvalue weighted by molar-refractivity contribution is -0.132. The van der Waals surface area contributed by atoms with Gasteiger partial charge in [-0.15, -0.1) is 11.3 Å². The molecule has 9 heteroatoms. The number of halogens is 2. The zero-order valence-electron chi connectivity index (χ0n) is 20.3. The molecule has 0 spiro atoms. The second-order valence-corrected chi connectivity index (χ2v) is 10.4. The van der Waals surface area contributed by atoms with Crippen molar-refractivity contribution >= 4 is 57.7 Å². The minimum atomic E-state index is -0.874. The van der Waals surface area contributed by atoms with E-state index < -0.39 is 23.5 Å². The summed E-state index contributed by atoms with van der Waals surface area (Å²) in [5.74, 6) is -0.636. The third-order valence-corrected chi connectivity index (χ3v) is 7.49. The Morgan fingerprint density at radius 3 is 2.39 bits per heavy atom. The highest BCUT2D eigenvalue weighted by molar-refractivity contribution is 7.10. The van der Waals surface area contributed by atoms with E-state index >= 15 is 0 Å². The molecule has 192 valence electrons. The minimum absolute atomic E-state index is 0.0887. The molecule has 0 bridgehead atoms. The van der Waals surface area contributed by atoms with Gasteiger partial charge in [0.2, 0.25) is 0 Å².